The Morgan fingerprint density at radius 3 is 2.54 bits per heavy atom. The normalized spacial score (nSPS) is 14.7. The summed E-state index contributed by atoms with van der Waals surface area (Å²) < 4.78 is 5.50. The van der Waals surface area contributed by atoms with Crippen molar-refractivity contribution in [2.24, 2.45) is 5.92 Å². The number of anilines is 2. The van der Waals surface area contributed by atoms with Gasteiger partial charge < -0.3 is 20.7 Å². The summed E-state index contributed by atoms with van der Waals surface area (Å²) in [6.07, 6.45) is 2.80. The summed E-state index contributed by atoms with van der Waals surface area (Å²) in [6, 6.07) is 12.6. The second-order valence-corrected chi connectivity index (χ2v) is 6.22. The fourth-order valence-electron chi connectivity index (χ4n) is 2.87. The number of rotatable bonds is 5. The highest BCUT2D eigenvalue weighted by atomic mass is 16.5. The molecule has 0 unspecified atom stereocenters. The maximum atomic E-state index is 12.3. The van der Waals surface area contributed by atoms with Crippen LogP contribution in [-0.2, 0) is 9.59 Å². The molecule has 7 nitrogen and oxygen atoms in total. The van der Waals surface area contributed by atoms with Crippen LogP contribution >= 0.6 is 0 Å². The first kappa shape index (κ1) is 17.7. The molecular weight excluding hydrogens is 332 g/mol. The van der Waals surface area contributed by atoms with E-state index < -0.39 is 0 Å². The van der Waals surface area contributed by atoms with E-state index >= 15 is 0 Å². The zero-order valence-electron chi connectivity index (χ0n) is 14.4. The first-order valence-electron chi connectivity index (χ1n) is 8.60. The number of piperidine rings is 1. The van der Waals surface area contributed by atoms with Crippen molar-refractivity contribution in [2.45, 2.75) is 12.8 Å². The largest absolute Gasteiger partial charge is 0.484 e. The molecule has 2 amide bonds. The van der Waals surface area contributed by atoms with Gasteiger partial charge in [0.05, 0.1) is 11.9 Å². The Morgan fingerprint density at radius 1 is 1.15 bits per heavy atom. The Bertz CT molecular complexity index is 741. The van der Waals surface area contributed by atoms with Gasteiger partial charge in [-0.2, -0.15) is 0 Å². The fraction of sp³-hybridized carbons (Fsp3) is 0.316. The van der Waals surface area contributed by atoms with Crippen molar-refractivity contribution in [1.29, 1.82) is 0 Å². The molecule has 3 rings (SSSR count). The van der Waals surface area contributed by atoms with E-state index in [9.17, 15) is 9.59 Å². The van der Waals surface area contributed by atoms with Crippen LogP contribution in [0.5, 0.6) is 5.75 Å². The topological polar surface area (TPSA) is 97.6 Å². The number of aromatic nitrogens is 1. The van der Waals surface area contributed by atoms with Crippen molar-refractivity contribution < 1.29 is 14.3 Å². The molecule has 2 aromatic rings. The van der Waals surface area contributed by atoms with Gasteiger partial charge >= 0.3 is 0 Å². The van der Waals surface area contributed by atoms with E-state index in [0.29, 0.717) is 43.2 Å². The molecular formula is C19H22N4O3. The van der Waals surface area contributed by atoms with Crippen molar-refractivity contribution in [3.05, 3.63) is 48.7 Å². The predicted octanol–water partition coefficient (Wildman–Crippen LogP) is 1.92. The number of ether oxygens (including phenoxy) is 1. The second kappa shape index (κ2) is 8.33. The third kappa shape index (κ3) is 4.72. The molecule has 0 radical (unpaired) electrons. The van der Waals surface area contributed by atoms with Crippen LogP contribution in [0.2, 0.25) is 0 Å². The number of amides is 2. The van der Waals surface area contributed by atoms with Gasteiger partial charge in [0.1, 0.15) is 11.6 Å². The molecule has 1 aliphatic heterocycles. The van der Waals surface area contributed by atoms with Gasteiger partial charge in [0.15, 0.2) is 6.61 Å². The Balaban J connectivity index is 1.43. The summed E-state index contributed by atoms with van der Waals surface area (Å²) in [5, 5.41) is 2.84. The smallest absolute Gasteiger partial charge is 0.260 e. The highest BCUT2D eigenvalue weighted by Gasteiger charge is 2.27. The van der Waals surface area contributed by atoms with Gasteiger partial charge in [-0.3, -0.25) is 9.59 Å². The zero-order valence-corrected chi connectivity index (χ0v) is 14.4. The maximum Gasteiger partial charge on any atom is 0.260 e. The number of pyridine rings is 1. The third-order valence-electron chi connectivity index (χ3n) is 4.38. The highest BCUT2D eigenvalue weighted by Crippen LogP contribution is 2.20. The number of nitrogen functional groups attached to an aromatic ring is 1. The van der Waals surface area contributed by atoms with Gasteiger partial charge in [-0.25, -0.2) is 4.98 Å². The van der Waals surface area contributed by atoms with Crippen LogP contribution in [0.3, 0.4) is 0 Å². The van der Waals surface area contributed by atoms with Crippen molar-refractivity contribution >= 4 is 23.3 Å². The Kier molecular flexibility index (Phi) is 5.68. The number of hydrogen-bond donors (Lipinski definition) is 2. The lowest BCUT2D eigenvalue weighted by Crippen LogP contribution is -2.43. The van der Waals surface area contributed by atoms with E-state index in [0.717, 1.165) is 0 Å². The number of para-hydroxylation sites is 1. The van der Waals surface area contributed by atoms with Crippen LogP contribution < -0.4 is 15.8 Å². The summed E-state index contributed by atoms with van der Waals surface area (Å²) >= 11 is 0. The van der Waals surface area contributed by atoms with E-state index in [1.165, 1.54) is 6.20 Å². The SMILES string of the molecule is Nc1ccc(NC(=O)C2CCN(C(=O)COc3ccccc3)CC2)cn1. The maximum absolute atomic E-state index is 12.3. The molecule has 1 fully saturated rings. The molecule has 26 heavy (non-hydrogen) atoms. The summed E-state index contributed by atoms with van der Waals surface area (Å²) in [7, 11) is 0. The molecule has 0 saturated carbocycles. The van der Waals surface area contributed by atoms with Crippen LogP contribution in [0, 0.1) is 5.92 Å². The molecule has 1 aromatic carbocycles. The molecule has 0 atom stereocenters. The van der Waals surface area contributed by atoms with Gasteiger partial charge in [0.25, 0.3) is 5.91 Å². The van der Waals surface area contributed by atoms with E-state index in [-0.39, 0.29) is 24.3 Å². The minimum Gasteiger partial charge on any atom is -0.484 e. The lowest BCUT2D eigenvalue weighted by molar-refractivity contribution is -0.136. The molecule has 1 aliphatic rings. The lowest BCUT2D eigenvalue weighted by Gasteiger charge is -2.31. The number of nitrogens with two attached hydrogens (primary N) is 1. The van der Waals surface area contributed by atoms with E-state index in [4.69, 9.17) is 10.5 Å². The average Bonchev–Trinajstić information content (AvgIpc) is 2.69. The summed E-state index contributed by atoms with van der Waals surface area (Å²) in [4.78, 5) is 30.3. The Labute approximate surface area is 152 Å². The van der Waals surface area contributed by atoms with Crippen molar-refractivity contribution in [3.63, 3.8) is 0 Å². The Hall–Kier alpha value is -3.09. The number of hydrogen-bond acceptors (Lipinski definition) is 5. The number of carbonyl (C=O) groups is 2. The monoisotopic (exact) mass is 354 g/mol. The van der Waals surface area contributed by atoms with E-state index in [1.807, 2.05) is 30.3 Å². The summed E-state index contributed by atoms with van der Waals surface area (Å²) in [6.45, 7) is 1.11. The quantitative estimate of drug-likeness (QED) is 0.855. The third-order valence-corrected chi connectivity index (χ3v) is 4.38. The zero-order chi connectivity index (χ0) is 18.4. The molecule has 3 N–H and O–H groups in total. The van der Waals surface area contributed by atoms with Gasteiger partial charge in [-0.1, -0.05) is 18.2 Å². The predicted molar refractivity (Wildman–Crippen MR) is 98.5 cm³/mol. The number of nitrogens with zero attached hydrogens (tertiary/aromatic N) is 2. The molecule has 0 spiro atoms. The number of likely N-dealkylation sites (tertiary alicyclic amines) is 1. The van der Waals surface area contributed by atoms with Crippen LogP contribution in [0.25, 0.3) is 0 Å². The molecule has 7 heteroatoms. The standard InChI is InChI=1S/C19H22N4O3/c20-17-7-6-15(12-21-17)22-19(25)14-8-10-23(11-9-14)18(24)13-26-16-4-2-1-3-5-16/h1-7,12,14H,8-11,13H2,(H2,20,21)(H,22,25). The number of benzene rings is 1. The van der Waals surface area contributed by atoms with Gasteiger partial charge in [-0.05, 0) is 37.1 Å². The molecule has 1 aromatic heterocycles. The highest BCUT2D eigenvalue weighted by molar-refractivity contribution is 5.92. The van der Waals surface area contributed by atoms with Gasteiger partial charge in [0.2, 0.25) is 5.91 Å². The van der Waals surface area contributed by atoms with E-state index in [2.05, 4.69) is 10.3 Å². The van der Waals surface area contributed by atoms with Gasteiger partial charge in [0, 0.05) is 19.0 Å². The van der Waals surface area contributed by atoms with Gasteiger partial charge in [-0.15, -0.1) is 0 Å². The fourth-order valence-corrected chi connectivity index (χ4v) is 2.87. The minimum atomic E-state index is -0.119. The molecule has 1 saturated heterocycles. The lowest BCUT2D eigenvalue weighted by atomic mass is 9.96. The average molecular weight is 354 g/mol. The van der Waals surface area contributed by atoms with E-state index in [1.54, 1.807) is 17.0 Å². The van der Waals surface area contributed by atoms with Crippen LogP contribution in [0.4, 0.5) is 11.5 Å². The second-order valence-electron chi connectivity index (χ2n) is 6.22. The van der Waals surface area contributed by atoms with Crippen LogP contribution in [-0.4, -0.2) is 41.4 Å². The van der Waals surface area contributed by atoms with Crippen molar-refractivity contribution in [3.8, 4) is 5.75 Å². The van der Waals surface area contributed by atoms with Crippen molar-refractivity contribution in [2.75, 3.05) is 30.7 Å². The minimum absolute atomic E-state index is 0.0119. The van der Waals surface area contributed by atoms with Crippen LogP contribution in [0.15, 0.2) is 48.7 Å². The Morgan fingerprint density at radius 2 is 1.88 bits per heavy atom. The molecule has 2 heterocycles. The molecule has 136 valence electrons. The molecule has 0 aliphatic carbocycles. The summed E-state index contributed by atoms with van der Waals surface area (Å²) in [5.41, 5.74) is 6.16. The first-order chi connectivity index (χ1) is 12.6. The van der Waals surface area contributed by atoms with Crippen molar-refractivity contribution in [1.82, 2.24) is 9.88 Å². The number of carbonyl (C=O) groups excluding carboxylic acids is 2. The van der Waals surface area contributed by atoms with Crippen LogP contribution in [0.1, 0.15) is 12.8 Å². The first-order valence-corrected chi connectivity index (χ1v) is 8.60. The number of nitrogens with one attached hydrogen (secondary N) is 1. The molecule has 0 bridgehead atoms. The summed E-state index contributed by atoms with van der Waals surface area (Å²) in [5.74, 6) is 0.853.